The number of carbonyl (C=O) groups excluding carboxylic acids is 1. The number of fused-ring (bicyclic) bond motifs is 1. The number of piperazine rings is 1. The zero-order chi connectivity index (χ0) is 24.0. The summed E-state index contributed by atoms with van der Waals surface area (Å²) in [5.41, 5.74) is 0.901. The van der Waals surface area contributed by atoms with Crippen molar-refractivity contribution in [2.75, 3.05) is 46.3 Å². The Morgan fingerprint density at radius 2 is 1.68 bits per heavy atom. The summed E-state index contributed by atoms with van der Waals surface area (Å²) in [7, 11) is -2.16. The van der Waals surface area contributed by atoms with E-state index in [4.69, 9.17) is 0 Å². The fourth-order valence-corrected chi connectivity index (χ4v) is 5.45. The van der Waals surface area contributed by atoms with E-state index >= 15 is 0 Å². The van der Waals surface area contributed by atoms with Crippen molar-refractivity contribution in [1.82, 2.24) is 19.8 Å². The number of hydrogen-bond donors (Lipinski definition) is 2. The Morgan fingerprint density at radius 1 is 1.00 bits per heavy atom. The zero-order valence-corrected chi connectivity index (χ0v) is 20.3. The average Bonchev–Trinajstić information content (AvgIpc) is 2.87. The normalized spacial score (nSPS) is 15.8. The lowest BCUT2D eigenvalue weighted by Crippen LogP contribution is -2.51. The van der Waals surface area contributed by atoms with Crippen LogP contribution in [-0.2, 0) is 21.2 Å². The lowest BCUT2D eigenvalue weighted by atomic mass is 10.1. The maximum atomic E-state index is 13.4. The van der Waals surface area contributed by atoms with Gasteiger partial charge in [-0.1, -0.05) is 60.7 Å². The second-order valence-electron chi connectivity index (χ2n) is 8.72. The molecule has 0 aliphatic carbocycles. The predicted molar refractivity (Wildman–Crippen MR) is 135 cm³/mol. The molecule has 0 unspecified atom stereocenters. The lowest BCUT2D eigenvalue weighted by molar-refractivity contribution is -0.131. The minimum Gasteiger partial charge on any atom is -0.343 e. The molecule has 0 bridgehead atoms. The molecule has 3 aromatic rings. The van der Waals surface area contributed by atoms with Crippen LogP contribution >= 0.6 is 0 Å². The van der Waals surface area contributed by atoms with E-state index < -0.39 is 16.1 Å². The summed E-state index contributed by atoms with van der Waals surface area (Å²) >= 11 is 0. The number of hydrogen-bond acceptors (Lipinski definition) is 5. The Morgan fingerprint density at radius 3 is 2.41 bits per heavy atom. The van der Waals surface area contributed by atoms with Gasteiger partial charge >= 0.3 is 0 Å². The van der Waals surface area contributed by atoms with Crippen LogP contribution in [0.2, 0.25) is 0 Å². The second kappa shape index (κ2) is 11.1. The van der Waals surface area contributed by atoms with Crippen molar-refractivity contribution in [3.8, 4) is 0 Å². The third-order valence-electron chi connectivity index (χ3n) is 6.25. The van der Waals surface area contributed by atoms with Gasteiger partial charge in [-0.2, -0.15) is 4.72 Å². The summed E-state index contributed by atoms with van der Waals surface area (Å²) in [5, 5.41) is 5.13. The van der Waals surface area contributed by atoms with E-state index in [1.807, 2.05) is 54.6 Å². The molecule has 1 saturated heterocycles. The number of likely N-dealkylation sites (N-methyl/N-ethyl adjacent to an activating group) is 1. The molecule has 7 nitrogen and oxygen atoms in total. The fraction of sp³-hybridized carbons (Fsp3) is 0.346. The number of rotatable bonds is 9. The van der Waals surface area contributed by atoms with E-state index in [9.17, 15) is 13.2 Å². The monoisotopic (exact) mass is 480 g/mol. The molecule has 8 heteroatoms. The van der Waals surface area contributed by atoms with E-state index in [2.05, 4.69) is 14.9 Å². The van der Waals surface area contributed by atoms with E-state index in [1.54, 1.807) is 30.1 Å². The van der Waals surface area contributed by atoms with Gasteiger partial charge in [0.2, 0.25) is 15.9 Å². The molecule has 34 heavy (non-hydrogen) atoms. The van der Waals surface area contributed by atoms with Crippen LogP contribution < -0.4 is 10.0 Å². The standard InChI is InChI=1S/C26H32N4O3S/c1-29(17-18-30-15-13-27-14-16-30)26(31)25(19-21-7-3-2-4-8-21)28-34(32,33)24-12-11-22-9-5-6-10-23(22)20-24/h2-12,20,25,27-28H,13-19H2,1H3/t25-/m0/s1. The van der Waals surface area contributed by atoms with Crippen LogP contribution in [0.25, 0.3) is 10.8 Å². The van der Waals surface area contributed by atoms with Gasteiger partial charge < -0.3 is 10.2 Å². The van der Waals surface area contributed by atoms with Gasteiger partial charge in [-0.15, -0.1) is 0 Å². The molecule has 1 amide bonds. The van der Waals surface area contributed by atoms with Gasteiger partial charge in [-0.05, 0) is 34.9 Å². The minimum atomic E-state index is -3.90. The zero-order valence-electron chi connectivity index (χ0n) is 19.5. The highest BCUT2D eigenvalue weighted by Crippen LogP contribution is 2.20. The molecule has 1 fully saturated rings. The second-order valence-corrected chi connectivity index (χ2v) is 10.4. The molecule has 1 aliphatic heterocycles. The largest absolute Gasteiger partial charge is 0.343 e. The summed E-state index contributed by atoms with van der Waals surface area (Å²) in [6.45, 7) is 5.09. The first kappa shape index (κ1) is 24.3. The summed E-state index contributed by atoms with van der Waals surface area (Å²) in [4.78, 5) is 17.5. The number of nitrogens with one attached hydrogen (secondary N) is 2. The van der Waals surface area contributed by atoms with Crippen molar-refractivity contribution in [3.05, 3.63) is 78.4 Å². The number of carbonyl (C=O) groups is 1. The van der Waals surface area contributed by atoms with Gasteiger partial charge in [0, 0.05) is 46.3 Å². The van der Waals surface area contributed by atoms with Crippen molar-refractivity contribution in [3.63, 3.8) is 0 Å². The van der Waals surface area contributed by atoms with Gasteiger partial charge in [0.05, 0.1) is 4.90 Å². The highest BCUT2D eigenvalue weighted by Gasteiger charge is 2.28. The quantitative estimate of drug-likeness (QED) is 0.490. The molecule has 1 atom stereocenters. The molecule has 1 aliphatic rings. The molecule has 0 aromatic heterocycles. The van der Waals surface area contributed by atoms with Gasteiger partial charge in [-0.25, -0.2) is 8.42 Å². The Bertz CT molecular complexity index is 1210. The van der Waals surface area contributed by atoms with Crippen LogP contribution in [0.1, 0.15) is 5.56 Å². The van der Waals surface area contributed by atoms with Crippen LogP contribution in [0.5, 0.6) is 0 Å². The maximum absolute atomic E-state index is 13.4. The van der Waals surface area contributed by atoms with E-state index in [-0.39, 0.29) is 17.2 Å². The van der Waals surface area contributed by atoms with Crippen LogP contribution in [-0.4, -0.2) is 76.5 Å². The third-order valence-corrected chi connectivity index (χ3v) is 7.72. The highest BCUT2D eigenvalue weighted by molar-refractivity contribution is 7.89. The van der Waals surface area contributed by atoms with E-state index in [1.165, 1.54) is 0 Å². The third kappa shape index (κ3) is 6.21. The number of sulfonamides is 1. The van der Waals surface area contributed by atoms with Crippen LogP contribution in [0, 0.1) is 0 Å². The van der Waals surface area contributed by atoms with Crippen LogP contribution in [0.4, 0.5) is 0 Å². The molecule has 0 radical (unpaired) electrons. The smallest absolute Gasteiger partial charge is 0.241 e. The Hall–Kier alpha value is -2.78. The van der Waals surface area contributed by atoms with Crippen molar-refractivity contribution in [2.45, 2.75) is 17.4 Å². The van der Waals surface area contributed by atoms with Crippen LogP contribution in [0.15, 0.2) is 77.7 Å². The summed E-state index contributed by atoms with van der Waals surface area (Å²) < 4.78 is 29.3. The summed E-state index contributed by atoms with van der Waals surface area (Å²) in [6, 6.07) is 21.2. The summed E-state index contributed by atoms with van der Waals surface area (Å²) in [6.07, 6.45) is 0.282. The van der Waals surface area contributed by atoms with Gasteiger partial charge in [0.25, 0.3) is 0 Å². The fourth-order valence-electron chi connectivity index (χ4n) is 4.22. The van der Waals surface area contributed by atoms with Gasteiger partial charge in [-0.3, -0.25) is 9.69 Å². The summed E-state index contributed by atoms with van der Waals surface area (Å²) in [5.74, 6) is -0.233. The molecule has 0 spiro atoms. The first-order valence-electron chi connectivity index (χ1n) is 11.7. The van der Waals surface area contributed by atoms with Crippen molar-refractivity contribution >= 4 is 26.7 Å². The highest BCUT2D eigenvalue weighted by atomic mass is 32.2. The Labute approximate surface area is 201 Å². The molecule has 1 heterocycles. The molecule has 2 N–H and O–H groups in total. The molecular weight excluding hydrogens is 448 g/mol. The first-order valence-corrected chi connectivity index (χ1v) is 13.1. The Balaban J connectivity index is 1.52. The molecular formula is C26H32N4O3S. The SMILES string of the molecule is CN(CCN1CCNCC1)C(=O)[C@H](Cc1ccccc1)NS(=O)(=O)c1ccc2ccccc2c1. The molecule has 3 aromatic carbocycles. The van der Waals surface area contributed by atoms with Gasteiger partial charge in [0.1, 0.15) is 6.04 Å². The number of amides is 1. The van der Waals surface area contributed by atoms with E-state index in [0.717, 1.165) is 49.1 Å². The minimum absolute atomic E-state index is 0.153. The lowest BCUT2D eigenvalue weighted by Gasteiger charge is -2.30. The van der Waals surface area contributed by atoms with Crippen molar-refractivity contribution in [2.24, 2.45) is 0 Å². The van der Waals surface area contributed by atoms with Gasteiger partial charge in [0.15, 0.2) is 0 Å². The van der Waals surface area contributed by atoms with Crippen molar-refractivity contribution in [1.29, 1.82) is 0 Å². The average molecular weight is 481 g/mol. The van der Waals surface area contributed by atoms with Crippen LogP contribution in [0.3, 0.4) is 0 Å². The predicted octanol–water partition coefficient (Wildman–Crippen LogP) is 2.09. The first-order chi connectivity index (χ1) is 16.4. The van der Waals surface area contributed by atoms with E-state index in [0.29, 0.717) is 6.54 Å². The molecule has 180 valence electrons. The maximum Gasteiger partial charge on any atom is 0.241 e. The van der Waals surface area contributed by atoms with Crippen molar-refractivity contribution < 1.29 is 13.2 Å². The Kier molecular flexibility index (Phi) is 7.95. The number of benzene rings is 3. The molecule has 4 rings (SSSR count). The number of nitrogens with zero attached hydrogens (tertiary/aromatic N) is 2. The molecule has 0 saturated carbocycles. The topological polar surface area (TPSA) is 81.8 Å².